The quantitative estimate of drug-likeness (QED) is 0.615. The lowest BCUT2D eigenvalue weighted by Gasteiger charge is -2.32. The fraction of sp³-hybridized carbons (Fsp3) is 0.647. The van der Waals surface area contributed by atoms with Crippen molar-refractivity contribution in [3.63, 3.8) is 0 Å². The molecule has 0 spiro atoms. The summed E-state index contributed by atoms with van der Waals surface area (Å²) in [4.78, 5) is 10.4. The van der Waals surface area contributed by atoms with E-state index in [4.69, 9.17) is 0 Å². The molecule has 1 aliphatic rings. The van der Waals surface area contributed by atoms with Gasteiger partial charge in [0, 0.05) is 24.2 Å². The van der Waals surface area contributed by atoms with Gasteiger partial charge in [0.2, 0.25) is 0 Å². The Morgan fingerprint density at radius 1 is 1.24 bits per heavy atom. The second-order valence-electron chi connectivity index (χ2n) is 6.15. The van der Waals surface area contributed by atoms with Crippen LogP contribution in [0.4, 0.5) is 5.69 Å². The first-order valence-electron chi connectivity index (χ1n) is 8.12. The summed E-state index contributed by atoms with van der Waals surface area (Å²) in [6.07, 6.45) is 7.90. The number of rotatable bonds is 6. The molecule has 0 radical (unpaired) electrons. The highest BCUT2D eigenvalue weighted by molar-refractivity contribution is 5.34. The van der Waals surface area contributed by atoms with Gasteiger partial charge in [-0.15, -0.1) is 0 Å². The Hall–Kier alpha value is -1.42. The lowest BCUT2D eigenvalue weighted by atomic mass is 9.82. The third-order valence-electron chi connectivity index (χ3n) is 4.73. The SMILES string of the molecule is CCC(NC(C)c1ccc([N+](=O)[O-])cc1)C1CCCCC1. The summed E-state index contributed by atoms with van der Waals surface area (Å²) in [5, 5.41) is 14.4. The molecule has 1 fully saturated rings. The highest BCUT2D eigenvalue weighted by Gasteiger charge is 2.23. The predicted octanol–water partition coefficient (Wildman–Crippen LogP) is 4.60. The zero-order valence-corrected chi connectivity index (χ0v) is 13.0. The smallest absolute Gasteiger partial charge is 0.269 e. The molecule has 0 bridgehead atoms. The first kappa shape index (κ1) is 16.0. The fourth-order valence-electron chi connectivity index (χ4n) is 3.43. The number of non-ortho nitro benzene ring substituents is 1. The van der Waals surface area contributed by atoms with Gasteiger partial charge < -0.3 is 5.32 Å². The summed E-state index contributed by atoms with van der Waals surface area (Å²) >= 11 is 0. The van der Waals surface area contributed by atoms with Gasteiger partial charge in [-0.05, 0) is 37.7 Å². The summed E-state index contributed by atoms with van der Waals surface area (Å²) in [6.45, 7) is 4.39. The number of hydrogen-bond acceptors (Lipinski definition) is 3. The molecule has 1 N–H and O–H groups in total. The molecule has 0 heterocycles. The van der Waals surface area contributed by atoms with E-state index in [-0.39, 0.29) is 16.7 Å². The molecular formula is C17H26N2O2. The fourth-order valence-corrected chi connectivity index (χ4v) is 3.43. The summed E-state index contributed by atoms with van der Waals surface area (Å²) in [7, 11) is 0. The standard InChI is InChI=1S/C17H26N2O2/c1-3-17(15-7-5-4-6-8-15)18-13(2)14-9-11-16(12-10-14)19(20)21/h9-13,15,17-18H,3-8H2,1-2H3. The van der Waals surface area contributed by atoms with Crippen LogP contribution in [0.25, 0.3) is 0 Å². The molecule has 21 heavy (non-hydrogen) atoms. The van der Waals surface area contributed by atoms with Crippen LogP contribution in [0.15, 0.2) is 24.3 Å². The van der Waals surface area contributed by atoms with Crippen molar-refractivity contribution in [1.82, 2.24) is 5.32 Å². The topological polar surface area (TPSA) is 55.2 Å². The molecule has 0 aliphatic heterocycles. The molecule has 2 rings (SSSR count). The van der Waals surface area contributed by atoms with Crippen molar-refractivity contribution in [2.75, 3.05) is 0 Å². The molecule has 1 saturated carbocycles. The Balaban J connectivity index is 1.97. The summed E-state index contributed by atoms with van der Waals surface area (Å²) in [5.74, 6) is 0.782. The Morgan fingerprint density at radius 3 is 2.38 bits per heavy atom. The van der Waals surface area contributed by atoms with Crippen LogP contribution in [0, 0.1) is 16.0 Å². The van der Waals surface area contributed by atoms with Crippen LogP contribution in [0.5, 0.6) is 0 Å². The van der Waals surface area contributed by atoms with Crippen molar-refractivity contribution < 1.29 is 4.92 Å². The van der Waals surface area contributed by atoms with Crippen molar-refractivity contribution in [3.8, 4) is 0 Å². The van der Waals surface area contributed by atoms with Crippen LogP contribution in [-0.2, 0) is 0 Å². The van der Waals surface area contributed by atoms with Crippen molar-refractivity contribution in [3.05, 3.63) is 39.9 Å². The number of hydrogen-bond donors (Lipinski definition) is 1. The van der Waals surface area contributed by atoms with Crippen molar-refractivity contribution in [2.45, 2.75) is 64.5 Å². The van der Waals surface area contributed by atoms with E-state index in [1.165, 1.54) is 32.1 Å². The van der Waals surface area contributed by atoms with E-state index in [1.807, 2.05) is 12.1 Å². The number of nitro groups is 1. The van der Waals surface area contributed by atoms with Crippen LogP contribution < -0.4 is 5.32 Å². The van der Waals surface area contributed by atoms with Crippen molar-refractivity contribution >= 4 is 5.69 Å². The van der Waals surface area contributed by atoms with E-state index in [9.17, 15) is 10.1 Å². The highest BCUT2D eigenvalue weighted by Crippen LogP contribution is 2.29. The minimum atomic E-state index is -0.348. The number of nitro benzene ring substituents is 1. The van der Waals surface area contributed by atoms with Crippen molar-refractivity contribution in [2.24, 2.45) is 5.92 Å². The molecule has 4 heteroatoms. The Morgan fingerprint density at radius 2 is 1.86 bits per heavy atom. The molecule has 0 amide bonds. The minimum Gasteiger partial charge on any atom is -0.307 e. The third kappa shape index (κ3) is 4.27. The van der Waals surface area contributed by atoms with Gasteiger partial charge in [0.1, 0.15) is 0 Å². The van der Waals surface area contributed by atoms with Gasteiger partial charge in [0.15, 0.2) is 0 Å². The first-order valence-corrected chi connectivity index (χ1v) is 8.12. The van der Waals surface area contributed by atoms with Crippen LogP contribution in [0.1, 0.15) is 64.0 Å². The van der Waals surface area contributed by atoms with Gasteiger partial charge in [0.05, 0.1) is 4.92 Å². The zero-order valence-electron chi connectivity index (χ0n) is 13.0. The molecule has 0 aromatic heterocycles. The lowest BCUT2D eigenvalue weighted by molar-refractivity contribution is -0.384. The Labute approximate surface area is 127 Å². The molecule has 116 valence electrons. The molecule has 0 saturated heterocycles. The first-order chi connectivity index (χ1) is 10.1. The van der Waals surface area contributed by atoms with Gasteiger partial charge in [-0.3, -0.25) is 10.1 Å². The third-order valence-corrected chi connectivity index (χ3v) is 4.73. The molecule has 4 nitrogen and oxygen atoms in total. The van der Waals surface area contributed by atoms with Crippen LogP contribution in [0.2, 0.25) is 0 Å². The molecule has 1 aromatic carbocycles. The van der Waals surface area contributed by atoms with Gasteiger partial charge in [-0.2, -0.15) is 0 Å². The van der Waals surface area contributed by atoms with Gasteiger partial charge in [-0.25, -0.2) is 0 Å². The molecule has 1 aliphatic carbocycles. The summed E-state index contributed by atoms with van der Waals surface area (Å²) < 4.78 is 0. The lowest BCUT2D eigenvalue weighted by Crippen LogP contribution is -2.38. The second-order valence-corrected chi connectivity index (χ2v) is 6.15. The van der Waals surface area contributed by atoms with Crippen LogP contribution in [0.3, 0.4) is 0 Å². The monoisotopic (exact) mass is 290 g/mol. The van der Waals surface area contributed by atoms with Gasteiger partial charge >= 0.3 is 0 Å². The van der Waals surface area contributed by atoms with E-state index >= 15 is 0 Å². The zero-order chi connectivity index (χ0) is 15.2. The van der Waals surface area contributed by atoms with E-state index in [0.29, 0.717) is 6.04 Å². The maximum atomic E-state index is 10.7. The predicted molar refractivity (Wildman–Crippen MR) is 85.3 cm³/mol. The Bertz CT molecular complexity index is 452. The molecule has 1 aromatic rings. The molecule has 2 atom stereocenters. The van der Waals surface area contributed by atoms with Gasteiger partial charge in [0.25, 0.3) is 5.69 Å². The number of nitrogens with zero attached hydrogens (tertiary/aromatic N) is 1. The minimum absolute atomic E-state index is 0.158. The molecular weight excluding hydrogens is 264 g/mol. The van der Waals surface area contributed by atoms with Gasteiger partial charge in [-0.1, -0.05) is 38.3 Å². The maximum absolute atomic E-state index is 10.7. The normalized spacial score (nSPS) is 19.1. The average molecular weight is 290 g/mol. The number of nitrogens with one attached hydrogen (secondary N) is 1. The summed E-state index contributed by atoms with van der Waals surface area (Å²) in [6, 6.07) is 7.70. The van der Waals surface area contributed by atoms with E-state index in [1.54, 1.807) is 12.1 Å². The van der Waals surface area contributed by atoms with E-state index < -0.39 is 0 Å². The van der Waals surface area contributed by atoms with Crippen LogP contribution in [-0.4, -0.2) is 11.0 Å². The van der Waals surface area contributed by atoms with E-state index in [2.05, 4.69) is 19.2 Å². The molecule has 2 unspecified atom stereocenters. The highest BCUT2D eigenvalue weighted by atomic mass is 16.6. The average Bonchev–Trinajstić information content (AvgIpc) is 2.53. The summed E-state index contributed by atoms with van der Waals surface area (Å²) in [5.41, 5.74) is 1.28. The van der Waals surface area contributed by atoms with E-state index in [0.717, 1.165) is 17.9 Å². The number of benzene rings is 1. The second kappa shape index (κ2) is 7.55. The maximum Gasteiger partial charge on any atom is 0.269 e. The Kier molecular flexibility index (Phi) is 5.74. The van der Waals surface area contributed by atoms with Crippen LogP contribution >= 0.6 is 0 Å². The largest absolute Gasteiger partial charge is 0.307 e. The van der Waals surface area contributed by atoms with Crippen molar-refractivity contribution in [1.29, 1.82) is 0 Å².